The molecule has 0 unspecified atom stereocenters. The largest absolute Gasteiger partial charge is 0.344 e. The van der Waals surface area contributed by atoms with Crippen LogP contribution in [-0.4, -0.2) is 34.9 Å². The highest BCUT2D eigenvalue weighted by Gasteiger charge is 2.29. The van der Waals surface area contributed by atoms with E-state index in [4.69, 9.17) is 15.8 Å². The Bertz CT molecular complexity index is 749. The smallest absolute Gasteiger partial charge is 0.265 e. The maximum absolute atomic E-state index is 11.9. The first-order valence-corrected chi connectivity index (χ1v) is 7.09. The van der Waals surface area contributed by atoms with E-state index in [1.807, 2.05) is 6.07 Å². The third-order valence-corrected chi connectivity index (χ3v) is 4.72. The first-order chi connectivity index (χ1) is 10.0. The minimum atomic E-state index is -0.415. The molecule has 0 spiro atoms. The van der Waals surface area contributed by atoms with Gasteiger partial charge in [-0.3, -0.25) is 4.79 Å². The van der Waals surface area contributed by atoms with Gasteiger partial charge >= 0.3 is 0 Å². The van der Waals surface area contributed by atoms with Gasteiger partial charge in [-0.1, -0.05) is 23.5 Å². The summed E-state index contributed by atoms with van der Waals surface area (Å²) >= 11 is 2.20. The Morgan fingerprint density at radius 1 is 1.05 bits per heavy atom. The number of aromatic nitrogens is 2. The molecule has 1 aromatic heterocycles. The van der Waals surface area contributed by atoms with Crippen LogP contribution >= 0.6 is 23.5 Å². The number of nitriles is 3. The van der Waals surface area contributed by atoms with Crippen molar-refractivity contribution in [3.63, 3.8) is 0 Å². The molecule has 0 aromatic carbocycles. The van der Waals surface area contributed by atoms with Crippen LogP contribution in [0.25, 0.3) is 0 Å². The molecule has 9 heteroatoms. The van der Waals surface area contributed by atoms with Crippen molar-refractivity contribution in [2.24, 2.45) is 0 Å². The summed E-state index contributed by atoms with van der Waals surface area (Å²) in [6.45, 7) is 0. The highest BCUT2D eigenvalue weighted by molar-refractivity contribution is 8.24. The Morgan fingerprint density at radius 3 is 1.86 bits per heavy atom. The zero-order valence-electron chi connectivity index (χ0n) is 10.9. The number of carbonyl (C=O) groups is 1. The molecular weight excluding hydrogens is 308 g/mol. The summed E-state index contributed by atoms with van der Waals surface area (Å²) in [5.41, 5.74) is -0.141. The van der Waals surface area contributed by atoms with E-state index >= 15 is 0 Å². The van der Waals surface area contributed by atoms with E-state index in [0.29, 0.717) is 14.3 Å². The first-order valence-electron chi connectivity index (χ1n) is 5.45. The normalized spacial score (nSPS) is 11.9. The van der Waals surface area contributed by atoms with E-state index in [1.165, 1.54) is 4.90 Å². The van der Waals surface area contributed by atoms with Gasteiger partial charge in [-0.15, -0.1) is 0 Å². The molecule has 0 fully saturated rings. The quantitative estimate of drug-likeness (QED) is 0.561. The van der Waals surface area contributed by atoms with Crippen LogP contribution in [0, 0.1) is 34.0 Å². The van der Waals surface area contributed by atoms with Crippen LogP contribution in [0.3, 0.4) is 0 Å². The van der Waals surface area contributed by atoms with Gasteiger partial charge in [-0.2, -0.15) is 15.8 Å². The number of nitrogens with zero attached hydrogens (tertiary/aromatic N) is 6. The molecule has 0 radical (unpaired) electrons. The van der Waals surface area contributed by atoms with Crippen LogP contribution in [0.15, 0.2) is 19.9 Å². The van der Waals surface area contributed by atoms with Crippen LogP contribution in [0.2, 0.25) is 0 Å². The second-order valence-corrected chi connectivity index (χ2v) is 6.19. The number of rotatable bonds is 1. The number of likely N-dealkylation sites (N-methyl/N-ethyl adjacent to an activating group) is 1. The van der Waals surface area contributed by atoms with Crippen LogP contribution in [0.5, 0.6) is 0 Å². The predicted molar refractivity (Wildman–Crippen MR) is 74.5 cm³/mol. The van der Waals surface area contributed by atoms with Crippen LogP contribution in [0.1, 0.15) is 11.4 Å². The maximum atomic E-state index is 11.9. The first kappa shape index (κ1) is 14.9. The van der Waals surface area contributed by atoms with E-state index in [2.05, 4.69) is 9.97 Å². The van der Waals surface area contributed by atoms with E-state index < -0.39 is 5.91 Å². The van der Waals surface area contributed by atoms with Crippen LogP contribution < -0.4 is 0 Å². The number of carbonyl (C=O) groups excluding carboxylic acids is 1. The molecule has 0 saturated heterocycles. The summed E-state index contributed by atoms with van der Waals surface area (Å²) in [6, 6.07) is 5.48. The van der Waals surface area contributed by atoms with Crippen LogP contribution in [-0.2, 0) is 4.79 Å². The number of hydrogen-bond donors (Lipinski definition) is 0. The average molecular weight is 314 g/mol. The van der Waals surface area contributed by atoms with Crippen molar-refractivity contribution in [1.29, 1.82) is 15.8 Å². The van der Waals surface area contributed by atoms with Crippen molar-refractivity contribution in [2.45, 2.75) is 10.1 Å². The minimum Gasteiger partial charge on any atom is -0.344 e. The van der Waals surface area contributed by atoms with Gasteiger partial charge in [0.25, 0.3) is 5.91 Å². The van der Waals surface area contributed by atoms with Crippen LogP contribution in [0.4, 0.5) is 0 Å². The highest BCUT2D eigenvalue weighted by Crippen LogP contribution is 2.50. The Labute approximate surface area is 128 Å². The van der Waals surface area contributed by atoms with E-state index in [1.54, 1.807) is 26.2 Å². The Balaban J connectivity index is 2.49. The maximum Gasteiger partial charge on any atom is 0.265 e. The molecule has 0 atom stereocenters. The van der Waals surface area contributed by atoms with Crippen molar-refractivity contribution in [3.8, 4) is 18.2 Å². The van der Waals surface area contributed by atoms with E-state index in [-0.39, 0.29) is 17.0 Å². The lowest BCUT2D eigenvalue weighted by atomic mass is 10.3. The summed E-state index contributed by atoms with van der Waals surface area (Å²) in [7, 11) is 3.10. The molecule has 1 aliphatic heterocycles. The molecule has 2 heterocycles. The van der Waals surface area contributed by atoms with Gasteiger partial charge in [0.2, 0.25) is 0 Å². The van der Waals surface area contributed by atoms with Crippen molar-refractivity contribution < 1.29 is 4.79 Å². The molecule has 0 saturated carbocycles. The second kappa shape index (κ2) is 5.84. The SMILES string of the molecule is CN(C)C(=O)C(C#N)=C1Sc2nc(C#N)c(C#N)nc2S1. The topological polar surface area (TPSA) is 117 Å². The molecule has 0 bridgehead atoms. The second-order valence-electron chi connectivity index (χ2n) is 3.93. The van der Waals surface area contributed by atoms with Crippen molar-refractivity contribution in [3.05, 3.63) is 21.2 Å². The summed E-state index contributed by atoms with van der Waals surface area (Å²) < 4.78 is 0.449. The minimum absolute atomic E-state index is 0.00758. The molecule has 1 aromatic rings. The summed E-state index contributed by atoms with van der Waals surface area (Å²) in [5.74, 6) is -0.415. The third kappa shape index (κ3) is 2.68. The molecule has 102 valence electrons. The molecule has 21 heavy (non-hydrogen) atoms. The van der Waals surface area contributed by atoms with Gasteiger partial charge in [-0.25, -0.2) is 9.97 Å². The average Bonchev–Trinajstić information content (AvgIpc) is 2.88. The highest BCUT2D eigenvalue weighted by atomic mass is 32.2. The van der Waals surface area contributed by atoms with Gasteiger partial charge in [0, 0.05) is 14.1 Å². The number of thioether (sulfide) groups is 2. The van der Waals surface area contributed by atoms with Crippen molar-refractivity contribution in [1.82, 2.24) is 14.9 Å². The van der Waals surface area contributed by atoms with Crippen molar-refractivity contribution in [2.75, 3.05) is 14.1 Å². The number of hydrogen-bond acceptors (Lipinski definition) is 8. The summed E-state index contributed by atoms with van der Waals surface area (Å²) in [4.78, 5) is 21.3. The molecule has 0 aliphatic carbocycles. The zero-order chi connectivity index (χ0) is 15.6. The van der Waals surface area contributed by atoms with E-state index in [9.17, 15) is 4.79 Å². The molecule has 7 nitrogen and oxygen atoms in total. The standard InChI is InChI=1S/C12H6N6OS2/c1-18(2)11(19)6(3-13)12-20-9-10(21-12)17-8(5-15)7(4-14)16-9/h1-2H3. The Hall–Kier alpha value is -2.54. The molecular formula is C12H6N6OS2. The Kier molecular flexibility index (Phi) is 4.13. The van der Waals surface area contributed by atoms with Gasteiger partial charge < -0.3 is 4.90 Å². The lowest BCUT2D eigenvalue weighted by molar-refractivity contribution is -0.124. The lowest BCUT2D eigenvalue weighted by Crippen LogP contribution is -2.23. The molecule has 1 aliphatic rings. The number of amides is 1. The summed E-state index contributed by atoms with van der Waals surface area (Å²) in [6.07, 6.45) is 0. The fourth-order valence-corrected chi connectivity index (χ4v) is 3.65. The van der Waals surface area contributed by atoms with Gasteiger partial charge in [0.1, 0.15) is 33.8 Å². The lowest BCUT2D eigenvalue weighted by Gasteiger charge is -2.09. The Morgan fingerprint density at radius 2 is 1.52 bits per heavy atom. The van der Waals surface area contributed by atoms with Gasteiger partial charge in [-0.05, 0) is 0 Å². The number of fused-ring (bicyclic) bond motifs is 1. The van der Waals surface area contributed by atoms with Gasteiger partial charge in [0.05, 0.1) is 4.24 Å². The van der Waals surface area contributed by atoms with E-state index in [0.717, 1.165) is 23.5 Å². The predicted octanol–water partition coefficient (Wildman–Crippen LogP) is 1.24. The third-order valence-electron chi connectivity index (χ3n) is 2.36. The van der Waals surface area contributed by atoms with Gasteiger partial charge in [0.15, 0.2) is 11.4 Å². The molecule has 1 amide bonds. The zero-order valence-corrected chi connectivity index (χ0v) is 12.5. The fourth-order valence-electron chi connectivity index (χ4n) is 1.40. The molecule has 2 rings (SSSR count). The fraction of sp³-hybridized carbons (Fsp3) is 0.167. The molecule has 0 N–H and O–H groups in total. The van der Waals surface area contributed by atoms with Crippen molar-refractivity contribution >= 4 is 29.4 Å². The summed E-state index contributed by atoms with van der Waals surface area (Å²) in [5, 5.41) is 27.8. The monoisotopic (exact) mass is 314 g/mol.